The average molecular weight is 347 g/mol. The standard InChI is InChI=1S/C14H19BrO5/c1-18-14-12(17)11(16)13(10(7-15)20-14)19-8-9-5-3-2-4-6-9/h2-6,10-14,16-17H,7-8H2,1H3/t10-,11-,12-,13-,14+/m1/s1. The summed E-state index contributed by atoms with van der Waals surface area (Å²) in [6, 6.07) is 9.64. The second-order valence-electron chi connectivity index (χ2n) is 4.68. The summed E-state index contributed by atoms with van der Waals surface area (Å²) in [5.41, 5.74) is 0.997. The van der Waals surface area contributed by atoms with Gasteiger partial charge in [-0.25, -0.2) is 0 Å². The lowest BCUT2D eigenvalue weighted by molar-refractivity contribution is -0.293. The van der Waals surface area contributed by atoms with Crippen LogP contribution in [-0.4, -0.2) is 53.4 Å². The van der Waals surface area contributed by atoms with E-state index in [9.17, 15) is 10.2 Å². The van der Waals surface area contributed by atoms with Crippen LogP contribution in [-0.2, 0) is 20.8 Å². The average Bonchev–Trinajstić information content (AvgIpc) is 2.49. The van der Waals surface area contributed by atoms with E-state index in [1.807, 2.05) is 30.3 Å². The SMILES string of the molecule is CO[C@H]1O[C@H](CBr)[C@@H](OCc2ccccc2)[C@H](O)[C@H]1O. The van der Waals surface area contributed by atoms with Crippen molar-refractivity contribution in [2.24, 2.45) is 0 Å². The summed E-state index contributed by atoms with van der Waals surface area (Å²) in [5, 5.41) is 20.6. The minimum Gasteiger partial charge on any atom is -0.387 e. The maximum absolute atomic E-state index is 10.2. The highest BCUT2D eigenvalue weighted by Gasteiger charge is 2.44. The summed E-state index contributed by atoms with van der Waals surface area (Å²) in [6.07, 6.45) is -4.03. The minimum absolute atomic E-state index is 0.347. The first-order valence-corrected chi connectivity index (χ1v) is 7.55. The van der Waals surface area contributed by atoms with E-state index in [0.29, 0.717) is 11.9 Å². The molecule has 0 bridgehead atoms. The predicted octanol–water partition coefficient (Wildman–Crippen LogP) is 1.06. The van der Waals surface area contributed by atoms with Crippen LogP contribution in [0.1, 0.15) is 5.56 Å². The van der Waals surface area contributed by atoms with E-state index in [1.54, 1.807) is 0 Å². The number of methoxy groups -OCH3 is 1. The number of rotatable bonds is 5. The van der Waals surface area contributed by atoms with E-state index < -0.39 is 24.6 Å². The molecule has 1 aliphatic heterocycles. The number of hydrogen-bond donors (Lipinski definition) is 2. The molecule has 5 nitrogen and oxygen atoms in total. The number of aliphatic hydroxyl groups is 2. The van der Waals surface area contributed by atoms with Crippen LogP contribution in [0.4, 0.5) is 0 Å². The molecule has 1 aliphatic rings. The van der Waals surface area contributed by atoms with Crippen LogP contribution < -0.4 is 0 Å². The number of ether oxygens (including phenoxy) is 3. The molecule has 5 atom stereocenters. The van der Waals surface area contributed by atoms with Gasteiger partial charge in [0.15, 0.2) is 6.29 Å². The Morgan fingerprint density at radius 3 is 2.50 bits per heavy atom. The van der Waals surface area contributed by atoms with Crippen molar-refractivity contribution >= 4 is 15.9 Å². The van der Waals surface area contributed by atoms with E-state index in [0.717, 1.165) is 5.56 Å². The molecule has 0 aromatic heterocycles. The quantitative estimate of drug-likeness (QED) is 0.780. The van der Waals surface area contributed by atoms with E-state index in [-0.39, 0.29) is 6.10 Å². The molecule has 1 fully saturated rings. The van der Waals surface area contributed by atoms with Gasteiger partial charge < -0.3 is 24.4 Å². The zero-order valence-electron chi connectivity index (χ0n) is 11.2. The molecule has 1 aromatic rings. The van der Waals surface area contributed by atoms with Gasteiger partial charge in [-0.05, 0) is 5.56 Å². The number of aliphatic hydroxyl groups excluding tert-OH is 2. The molecular weight excluding hydrogens is 328 g/mol. The zero-order chi connectivity index (χ0) is 14.5. The molecule has 0 saturated carbocycles. The van der Waals surface area contributed by atoms with E-state index >= 15 is 0 Å². The molecule has 20 heavy (non-hydrogen) atoms. The molecule has 112 valence electrons. The van der Waals surface area contributed by atoms with Gasteiger partial charge >= 0.3 is 0 Å². The van der Waals surface area contributed by atoms with Crippen molar-refractivity contribution in [3.8, 4) is 0 Å². The summed E-state index contributed by atoms with van der Waals surface area (Å²) in [4.78, 5) is 0. The highest BCUT2D eigenvalue weighted by atomic mass is 79.9. The largest absolute Gasteiger partial charge is 0.387 e. The number of halogens is 1. The van der Waals surface area contributed by atoms with Crippen LogP contribution in [0.2, 0.25) is 0 Å². The summed E-state index contributed by atoms with van der Waals surface area (Å²) < 4.78 is 16.3. The van der Waals surface area contributed by atoms with Crippen LogP contribution in [0.3, 0.4) is 0 Å². The van der Waals surface area contributed by atoms with E-state index in [2.05, 4.69) is 15.9 Å². The Morgan fingerprint density at radius 1 is 1.20 bits per heavy atom. The molecule has 0 radical (unpaired) electrons. The zero-order valence-corrected chi connectivity index (χ0v) is 12.8. The maximum Gasteiger partial charge on any atom is 0.186 e. The molecule has 0 spiro atoms. The highest BCUT2D eigenvalue weighted by Crippen LogP contribution is 2.26. The van der Waals surface area contributed by atoms with Crippen molar-refractivity contribution in [2.45, 2.75) is 37.3 Å². The Bertz CT molecular complexity index is 400. The Hall–Kier alpha value is -0.500. The van der Waals surface area contributed by atoms with Crippen molar-refractivity contribution in [3.05, 3.63) is 35.9 Å². The first-order valence-electron chi connectivity index (χ1n) is 6.43. The lowest BCUT2D eigenvalue weighted by atomic mass is 9.99. The van der Waals surface area contributed by atoms with Crippen LogP contribution in [0, 0.1) is 0 Å². The second kappa shape index (κ2) is 7.49. The van der Waals surface area contributed by atoms with Crippen molar-refractivity contribution in [3.63, 3.8) is 0 Å². The summed E-state index contributed by atoms with van der Waals surface area (Å²) >= 11 is 3.33. The number of alkyl halides is 1. The van der Waals surface area contributed by atoms with Gasteiger partial charge in [0.25, 0.3) is 0 Å². The molecule has 0 unspecified atom stereocenters. The third-order valence-corrected chi connectivity index (χ3v) is 3.95. The van der Waals surface area contributed by atoms with E-state index in [4.69, 9.17) is 14.2 Å². The van der Waals surface area contributed by atoms with E-state index in [1.165, 1.54) is 7.11 Å². The van der Waals surface area contributed by atoms with Crippen LogP contribution >= 0.6 is 15.9 Å². The maximum atomic E-state index is 10.2. The lowest BCUT2D eigenvalue weighted by Crippen LogP contribution is -2.59. The Morgan fingerprint density at radius 2 is 1.90 bits per heavy atom. The van der Waals surface area contributed by atoms with Crippen molar-refractivity contribution in [1.82, 2.24) is 0 Å². The predicted molar refractivity (Wildman–Crippen MR) is 76.5 cm³/mol. The number of benzene rings is 1. The minimum atomic E-state index is -1.13. The van der Waals surface area contributed by atoms with Gasteiger partial charge in [-0.3, -0.25) is 0 Å². The molecule has 2 N–H and O–H groups in total. The molecule has 1 heterocycles. The Kier molecular flexibility index (Phi) is 5.95. The van der Waals surface area contributed by atoms with Crippen molar-refractivity contribution in [1.29, 1.82) is 0 Å². The van der Waals surface area contributed by atoms with Crippen LogP contribution in [0.25, 0.3) is 0 Å². The molecule has 1 aromatic carbocycles. The fraction of sp³-hybridized carbons (Fsp3) is 0.571. The third-order valence-electron chi connectivity index (χ3n) is 3.31. The first-order chi connectivity index (χ1) is 9.67. The summed E-state index contributed by atoms with van der Waals surface area (Å²) in [5.74, 6) is 0. The van der Waals surface area contributed by atoms with Gasteiger partial charge in [-0.2, -0.15) is 0 Å². The van der Waals surface area contributed by atoms with Gasteiger partial charge in [0, 0.05) is 12.4 Å². The van der Waals surface area contributed by atoms with Gasteiger partial charge in [-0.1, -0.05) is 46.3 Å². The number of hydrogen-bond acceptors (Lipinski definition) is 5. The normalized spacial score (nSPS) is 34.1. The fourth-order valence-electron chi connectivity index (χ4n) is 2.20. The van der Waals surface area contributed by atoms with Crippen molar-refractivity contribution < 1.29 is 24.4 Å². The Labute approximate surface area is 126 Å². The molecule has 1 saturated heterocycles. The second-order valence-corrected chi connectivity index (χ2v) is 5.32. The van der Waals surface area contributed by atoms with Gasteiger partial charge in [-0.15, -0.1) is 0 Å². The van der Waals surface area contributed by atoms with Gasteiger partial charge in [0.1, 0.15) is 18.3 Å². The molecule has 2 rings (SSSR count). The summed E-state index contributed by atoms with van der Waals surface area (Å²) in [6.45, 7) is 0.347. The summed E-state index contributed by atoms with van der Waals surface area (Å²) in [7, 11) is 1.43. The molecule has 0 aliphatic carbocycles. The fourth-order valence-corrected chi connectivity index (χ4v) is 2.72. The molecular formula is C14H19BrO5. The smallest absolute Gasteiger partial charge is 0.186 e. The van der Waals surface area contributed by atoms with Crippen molar-refractivity contribution in [2.75, 3.05) is 12.4 Å². The molecule has 6 heteroatoms. The Balaban J connectivity index is 2.01. The van der Waals surface area contributed by atoms with Crippen LogP contribution in [0.15, 0.2) is 30.3 Å². The highest BCUT2D eigenvalue weighted by molar-refractivity contribution is 9.09. The van der Waals surface area contributed by atoms with Gasteiger partial charge in [0.2, 0.25) is 0 Å². The monoisotopic (exact) mass is 346 g/mol. The third kappa shape index (κ3) is 3.58. The first kappa shape index (κ1) is 15.9. The lowest BCUT2D eigenvalue weighted by Gasteiger charge is -2.41. The van der Waals surface area contributed by atoms with Crippen LogP contribution in [0.5, 0.6) is 0 Å². The topological polar surface area (TPSA) is 68.2 Å². The molecule has 0 amide bonds. The van der Waals surface area contributed by atoms with Gasteiger partial charge in [0.05, 0.1) is 12.7 Å².